The van der Waals surface area contributed by atoms with E-state index in [-0.39, 0.29) is 0 Å². The van der Waals surface area contributed by atoms with Crippen LogP contribution in [-0.4, -0.2) is 4.98 Å². The quantitative estimate of drug-likeness (QED) is 0.397. The van der Waals surface area contributed by atoms with Crippen molar-refractivity contribution in [3.63, 3.8) is 0 Å². The zero-order chi connectivity index (χ0) is 15.1. The van der Waals surface area contributed by atoms with E-state index in [9.17, 15) is 0 Å². The zero-order valence-electron chi connectivity index (χ0n) is 12.4. The lowest BCUT2D eigenvalue weighted by Gasteiger charge is -2.12. The highest BCUT2D eigenvalue weighted by Crippen LogP contribution is 2.35. The predicted molar refractivity (Wildman–Crippen MR) is 93.8 cm³/mol. The number of nitrogens with zero attached hydrogens (tertiary/aromatic N) is 1. The summed E-state index contributed by atoms with van der Waals surface area (Å²) in [6.45, 7) is 2.05. The van der Waals surface area contributed by atoms with E-state index in [2.05, 4.69) is 48.5 Å². The van der Waals surface area contributed by atoms with Gasteiger partial charge in [0.15, 0.2) is 0 Å². The van der Waals surface area contributed by atoms with E-state index < -0.39 is 0 Å². The number of nitrogen functional groups attached to an aromatic ring is 1. The summed E-state index contributed by atoms with van der Waals surface area (Å²) in [4.78, 5) is 4.78. The summed E-state index contributed by atoms with van der Waals surface area (Å²) in [6, 6.07) is 22.8. The molecule has 0 radical (unpaired) electrons. The van der Waals surface area contributed by atoms with Gasteiger partial charge in [0, 0.05) is 22.0 Å². The molecule has 0 saturated carbocycles. The molecule has 2 nitrogen and oxygen atoms in total. The molecule has 0 aliphatic rings. The molecule has 0 amide bonds. The third kappa shape index (κ3) is 1.92. The normalized spacial score (nSPS) is 11.1. The maximum atomic E-state index is 5.98. The number of benzene rings is 3. The van der Waals surface area contributed by atoms with Crippen LogP contribution in [0.3, 0.4) is 0 Å². The van der Waals surface area contributed by atoms with Crippen LogP contribution in [0.1, 0.15) is 5.56 Å². The summed E-state index contributed by atoms with van der Waals surface area (Å²) in [5, 5.41) is 2.34. The number of aryl methyl sites for hydroxylation is 1. The molecule has 0 fully saturated rings. The molecule has 106 valence electrons. The first kappa shape index (κ1) is 12.8. The minimum Gasteiger partial charge on any atom is -0.399 e. The summed E-state index contributed by atoms with van der Waals surface area (Å²) in [7, 11) is 0. The van der Waals surface area contributed by atoms with Crippen LogP contribution in [0.5, 0.6) is 0 Å². The minimum absolute atomic E-state index is 0.825. The molecule has 0 unspecified atom stereocenters. The molecule has 1 heterocycles. The van der Waals surface area contributed by atoms with Crippen molar-refractivity contribution in [2.75, 3.05) is 5.73 Å². The van der Waals surface area contributed by atoms with Gasteiger partial charge in [-0.05, 0) is 42.3 Å². The van der Waals surface area contributed by atoms with E-state index in [1.165, 1.54) is 21.9 Å². The van der Waals surface area contributed by atoms with Gasteiger partial charge in [-0.3, -0.25) is 0 Å². The van der Waals surface area contributed by atoms with Gasteiger partial charge in [0.05, 0.1) is 11.0 Å². The first-order chi connectivity index (χ1) is 10.7. The summed E-state index contributed by atoms with van der Waals surface area (Å²) in [5.74, 6) is 0. The molecule has 2 N–H and O–H groups in total. The highest BCUT2D eigenvalue weighted by molar-refractivity contribution is 6.09. The average molecular weight is 284 g/mol. The first-order valence-corrected chi connectivity index (χ1v) is 7.38. The highest BCUT2D eigenvalue weighted by atomic mass is 14.7. The van der Waals surface area contributed by atoms with Crippen LogP contribution in [-0.2, 0) is 0 Å². The third-order valence-corrected chi connectivity index (χ3v) is 4.15. The Kier molecular flexibility index (Phi) is 2.83. The van der Waals surface area contributed by atoms with Crippen LogP contribution in [0.4, 0.5) is 5.69 Å². The second-order valence-corrected chi connectivity index (χ2v) is 5.59. The molecule has 0 atom stereocenters. The van der Waals surface area contributed by atoms with Crippen LogP contribution >= 0.6 is 0 Å². The van der Waals surface area contributed by atoms with Gasteiger partial charge in [0.2, 0.25) is 0 Å². The Labute approximate surface area is 129 Å². The molecule has 0 bridgehead atoms. The summed E-state index contributed by atoms with van der Waals surface area (Å²) in [6.07, 6.45) is 0. The van der Waals surface area contributed by atoms with E-state index >= 15 is 0 Å². The van der Waals surface area contributed by atoms with Crippen LogP contribution in [0.15, 0.2) is 66.7 Å². The summed E-state index contributed by atoms with van der Waals surface area (Å²) in [5.41, 5.74) is 12.4. The van der Waals surface area contributed by atoms with Gasteiger partial charge in [-0.1, -0.05) is 42.5 Å². The fourth-order valence-electron chi connectivity index (χ4n) is 2.98. The van der Waals surface area contributed by atoms with Gasteiger partial charge in [0.1, 0.15) is 0 Å². The van der Waals surface area contributed by atoms with E-state index in [1.807, 2.05) is 25.1 Å². The molecule has 4 aromatic rings. The number of aromatic nitrogens is 1. The van der Waals surface area contributed by atoms with Crippen molar-refractivity contribution >= 4 is 27.5 Å². The van der Waals surface area contributed by atoms with Gasteiger partial charge < -0.3 is 5.73 Å². The van der Waals surface area contributed by atoms with Gasteiger partial charge in [-0.25, -0.2) is 4.98 Å². The van der Waals surface area contributed by atoms with Crippen LogP contribution in [0.2, 0.25) is 0 Å². The van der Waals surface area contributed by atoms with Gasteiger partial charge in [-0.15, -0.1) is 0 Å². The standard InChI is InChI=1S/C20H16N2/c1-13-12-14(10-11-17(13)21)20-15-6-2-4-8-18(15)22-19-9-5-3-7-16(19)20/h2-12H,21H2,1H3. The monoisotopic (exact) mass is 284 g/mol. The molecular formula is C20H16N2. The van der Waals surface area contributed by atoms with Crippen molar-refractivity contribution in [1.82, 2.24) is 4.98 Å². The molecular weight excluding hydrogens is 268 g/mol. The van der Waals surface area contributed by atoms with Crippen molar-refractivity contribution in [3.05, 3.63) is 72.3 Å². The van der Waals surface area contributed by atoms with E-state index in [4.69, 9.17) is 10.7 Å². The van der Waals surface area contributed by atoms with Gasteiger partial charge in [-0.2, -0.15) is 0 Å². The number of anilines is 1. The fourth-order valence-corrected chi connectivity index (χ4v) is 2.98. The second-order valence-electron chi connectivity index (χ2n) is 5.59. The molecule has 4 rings (SSSR count). The Morgan fingerprint density at radius 1 is 0.773 bits per heavy atom. The lowest BCUT2D eigenvalue weighted by atomic mass is 9.95. The predicted octanol–water partition coefficient (Wildman–Crippen LogP) is 4.95. The second kappa shape index (κ2) is 4.85. The molecule has 2 heteroatoms. The lowest BCUT2D eigenvalue weighted by Crippen LogP contribution is -1.92. The number of fused-ring (bicyclic) bond motifs is 2. The van der Waals surface area contributed by atoms with Crippen LogP contribution in [0.25, 0.3) is 32.9 Å². The number of nitrogens with two attached hydrogens (primary N) is 1. The average Bonchev–Trinajstić information content (AvgIpc) is 2.55. The number of para-hydroxylation sites is 2. The molecule has 0 aliphatic heterocycles. The Bertz CT molecular complexity index is 949. The largest absolute Gasteiger partial charge is 0.399 e. The molecule has 3 aromatic carbocycles. The maximum Gasteiger partial charge on any atom is 0.0715 e. The summed E-state index contributed by atoms with van der Waals surface area (Å²) < 4.78 is 0. The van der Waals surface area contributed by atoms with E-state index in [0.29, 0.717) is 0 Å². The fraction of sp³-hybridized carbons (Fsp3) is 0.0500. The number of hydrogen-bond acceptors (Lipinski definition) is 2. The topological polar surface area (TPSA) is 38.9 Å². The number of pyridine rings is 1. The van der Waals surface area contributed by atoms with Crippen molar-refractivity contribution < 1.29 is 0 Å². The van der Waals surface area contributed by atoms with Crippen LogP contribution in [0, 0.1) is 6.92 Å². The molecule has 22 heavy (non-hydrogen) atoms. The van der Waals surface area contributed by atoms with Crippen molar-refractivity contribution in [2.45, 2.75) is 6.92 Å². The van der Waals surface area contributed by atoms with Crippen molar-refractivity contribution in [1.29, 1.82) is 0 Å². The van der Waals surface area contributed by atoms with Gasteiger partial charge in [0.25, 0.3) is 0 Å². The SMILES string of the molecule is Cc1cc(-c2c3ccccc3nc3ccccc23)ccc1N. The first-order valence-electron chi connectivity index (χ1n) is 7.38. The van der Waals surface area contributed by atoms with Crippen molar-refractivity contribution in [3.8, 4) is 11.1 Å². The zero-order valence-corrected chi connectivity index (χ0v) is 12.4. The van der Waals surface area contributed by atoms with E-state index in [1.54, 1.807) is 0 Å². The highest BCUT2D eigenvalue weighted by Gasteiger charge is 2.11. The molecule has 0 spiro atoms. The Hall–Kier alpha value is -2.87. The van der Waals surface area contributed by atoms with Crippen molar-refractivity contribution in [2.24, 2.45) is 0 Å². The Balaban J connectivity index is 2.18. The minimum atomic E-state index is 0.825. The Morgan fingerprint density at radius 2 is 1.36 bits per heavy atom. The number of hydrogen-bond donors (Lipinski definition) is 1. The van der Waals surface area contributed by atoms with Crippen LogP contribution < -0.4 is 5.73 Å². The van der Waals surface area contributed by atoms with Gasteiger partial charge >= 0.3 is 0 Å². The molecule has 1 aromatic heterocycles. The lowest BCUT2D eigenvalue weighted by molar-refractivity contribution is 1.46. The molecule has 0 saturated heterocycles. The smallest absolute Gasteiger partial charge is 0.0715 e. The third-order valence-electron chi connectivity index (χ3n) is 4.15. The van der Waals surface area contributed by atoms with E-state index in [0.717, 1.165) is 22.3 Å². The maximum absolute atomic E-state index is 5.98. The Morgan fingerprint density at radius 3 is 1.95 bits per heavy atom. The summed E-state index contributed by atoms with van der Waals surface area (Å²) >= 11 is 0. The number of rotatable bonds is 1. The molecule has 0 aliphatic carbocycles.